The van der Waals surface area contributed by atoms with Crippen molar-refractivity contribution in [3.63, 3.8) is 0 Å². The van der Waals surface area contributed by atoms with Crippen molar-refractivity contribution in [2.75, 3.05) is 0 Å². The molecule has 0 N–H and O–H groups in total. The molecule has 0 amide bonds. The van der Waals surface area contributed by atoms with Crippen LogP contribution in [-0.4, -0.2) is 14.5 Å². The fraction of sp³-hybridized carbons (Fsp3) is 0.0909. The Morgan fingerprint density at radius 1 is 1.35 bits per heavy atom. The Labute approximate surface area is 131 Å². The molecule has 20 heavy (non-hydrogen) atoms. The van der Waals surface area contributed by atoms with Gasteiger partial charge in [-0.1, -0.05) is 29.3 Å². The van der Waals surface area contributed by atoms with Crippen LogP contribution in [0, 0.1) is 10.1 Å². The number of nitrogens with zero attached hydrogens (tertiary/aromatic N) is 3. The fourth-order valence-electron chi connectivity index (χ4n) is 1.56. The van der Waals surface area contributed by atoms with Gasteiger partial charge in [0, 0.05) is 11.8 Å². The molecule has 0 saturated carbocycles. The van der Waals surface area contributed by atoms with Crippen LogP contribution in [0.15, 0.2) is 33.8 Å². The molecular formula is C11H6BrCl2N3O3. The van der Waals surface area contributed by atoms with E-state index in [9.17, 15) is 14.9 Å². The lowest BCUT2D eigenvalue weighted by Gasteiger charge is -2.08. The Morgan fingerprint density at radius 3 is 2.65 bits per heavy atom. The lowest BCUT2D eigenvalue weighted by molar-refractivity contribution is -0.386. The third kappa shape index (κ3) is 3.17. The maximum Gasteiger partial charge on any atom is 0.333 e. The maximum atomic E-state index is 11.6. The summed E-state index contributed by atoms with van der Waals surface area (Å²) >= 11 is 14.6. The second-order valence-electron chi connectivity index (χ2n) is 3.83. The van der Waals surface area contributed by atoms with Crippen molar-refractivity contribution >= 4 is 44.8 Å². The van der Waals surface area contributed by atoms with Gasteiger partial charge in [0.2, 0.25) is 0 Å². The van der Waals surface area contributed by atoms with E-state index in [-0.39, 0.29) is 21.3 Å². The molecule has 6 nitrogen and oxygen atoms in total. The van der Waals surface area contributed by atoms with Crippen LogP contribution in [0.3, 0.4) is 0 Å². The van der Waals surface area contributed by atoms with E-state index in [0.29, 0.717) is 5.56 Å². The molecule has 0 spiro atoms. The average molecular weight is 379 g/mol. The van der Waals surface area contributed by atoms with Crippen molar-refractivity contribution in [1.29, 1.82) is 0 Å². The minimum atomic E-state index is -0.731. The monoisotopic (exact) mass is 377 g/mol. The highest BCUT2D eigenvalue weighted by atomic mass is 79.9. The first-order valence-electron chi connectivity index (χ1n) is 5.23. The molecule has 104 valence electrons. The Bertz CT molecular complexity index is 748. The van der Waals surface area contributed by atoms with Gasteiger partial charge in [-0.15, -0.1) is 0 Å². The number of nitro groups is 1. The third-order valence-electron chi connectivity index (χ3n) is 2.46. The van der Waals surface area contributed by atoms with E-state index in [0.717, 1.165) is 6.20 Å². The molecule has 2 heterocycles. The van der Waals surface area contributed by atoms with Gasteiger partial charge in [-0.25, -0.2) is 4.98 Å². The Kier molecular flexibility index (Phi) is 4.42. The van der Waals surface area contributed by atoms with Gasteiger partial charge in [-0.2, -0.15) is 0 Å². The van der Waals surface area contributed by atoms with Crippen LogP contribution in [0.4, 0.5) is 5.69 Å². The maximum absolute atomic E-state index is 11.6. The smallest absolute Gasteiger partial charge is 0.333 e. The highest BCUT2D eigenvalue weighted by Gasteiger charge is 2.16. The summed E-state index contributed by atoms with van der Waals surface area (Å²) in [6.07, 6.45) is 2.60. The summed E-state index contributed by atoms with van der Waals surface area (Å²) in [5.74, 6) is 0. The van der Waals surface area contributed by atoms with Crippen molar-refractivity contribution in [3.8, 4) is 0 Å². The number of halogens is 3. The van der Waals surface area contributed by atoms with E-state index < -0.39 is 16.0 Å². The molecule has 0 aliphatic heterocycles. The number of pyridine rings is 2. The van der Waals surface area contributed by atoms with Crippen LogP contribution >= 0.6 is 39.1 Å². The Morgan fingerprint density at radius 2 is 2.05 bits per heavy atom. The summed E-state index contributed by atoms with van der Waals surface area (Å²) in [6, 6.07) is 3.23. The zero-order valence-electron chi connectivity index (χ0n) is 9.72. The molecule has 0 saturated heterocycles. The summed E-state index contributed by atoms with van der Waals surface area (Å²) < 4.78 is 1.57. The van der Waals surface area contributed by atoms with Crippen LogP contribution in [0.25, 0.3) is 0 Å². The summed E-state index contributed by atoms with van der Waals surface area (Å²) in [4.78, 5) is 25.5. The van der Waals surface area contributed by atoms with Crippen molar-refractivity contribution in [2.45, 2.75) is 6.54 Å². The molecule has 2 rings (SSSR count). The normalized spacial score (nSPS) is 10.6. The predicted octanol–water partition coefficient (Wildman–Crippen LogP) is 3.27. The predicted molar refractivity (Wildman–Crippen MR) is 78.4 cm³/mol. The lowest BCUT2D eigenvalue weighted by atomic mass is 10.3. The van der Waals surface area contributed by atoms with E-state index in [4.69, 9.17) is 23.2 Å². The van der Waals surface area contributed by atoms with E-state index in [2.05, 4.69) is 20.9 Å². The molecule has 0 radical (unpaired) electrons. The molecule has 0 aliphatic carbocycles. The molecule has 0 bridgehead atoms. The van der Waals surface area contributed by atoms with Crippen LogP contribution < -0.4 is 5.43 Å². The van der Waals surface area contributed by atoms with Crippen molar-refractivity contribution < 1.29 is 4.92 Å². The van der Waals surface area contributed by atoms with Gasteiger partial charge in [0.25, 0.3) is 5.43 Å². The summed E-state index contributed by atoms with van der Waals surface area (Å²) in [5.41, 5.74) is -0.565. The first-order chi connectivity index (χ1) is 9.38. The fourth-order valence-corrected chi connectivity index (χ4v) is 2.43. The van der Waals surface area contributed by atoms with Crippen LogP contribution in [0.1, 0.15) is 5.56 Å². The number of hydrogen-bond acceptors (Lipinski definition) is 4. The number of aromatic nitrogens is 2. The van der Waals surface area contributed by atoms with Crippen LogP contribution in [0.5, 0.6) is 0 Å². The van der Waals surface area contributed by atoms with Crippen molar-refractivity contribution in [1.82, 2.24) is 9.55 Å². The highest BCUT2D eigenvalue weighted by molar-refractivity contribution is 9.10. The lowest BCUT2D eigenvalue weighted by Crippen LogP contribution is -2.13. The van der Waals surface area contributed by atoms with Crippen LogP contribution in [-0.2, 0) is 6.54 Å². The molecule has 0 fully saturated rings. The van der Waals surface area contributed by atoms with E-state index >= 15 is 0 Å². The molecule has 9 heteroatoms. The quantitative estimate of drug-likeness (QED) is 0.466. The molecule has 0 aromatic carbocycles. The third-order valence-corrected chi connectivity index (χ3v) is 3.56. The largest absolute Gasteiger partial charge is 0.342 e. The topological polar surface area (TPSA) is 78.0 Å². The SMILES string of the molecule is O=c1c(Br)cn(Cc2ccc(Cl)nc2Cl)cc1[N+](=O)[O-]. The first-order valence-corrected chi connectivity index (χ1v) is 6.78. The molecule has 0 unspecified atom stereocenters. The minimum Gasteiger partial charge on any atom is -0.342 e. The highest BCUT2D eigenvalue weighted by Crippen LogP contribution is 2.19. The zero-order valence-corrected chi connectivity index (χ0v) is 12.8. The molecule has 0 atom stereocenters. The van der Waals surface area contributed by atoms with Gasteiger partial charge < -0.3 is 4.57 Å². The Balaban J connectivity index is 2.44. The molecule has 0 aliphatic rings. The van der Waals surface area contributed by atoms with Crippen molar-refractivity contribution in [3.05, 3.63) is 65.2 Å². The molecule has 2 aromatic heterocycles. The summed E-state index contributed by atoms with van der Waals surface area (Å²) in [7, 11) is 0. The Hall–Kier alpha value is -1.44. The average Bonchev–Trinajstić information content (AvgIpc) is 2.36. The van der Waals surface area contributed by atoms with Gasteiger partial charge in [-0.05, 0) is 22.0 Å². The van der Waals surface area contributed by atoms with Gasteiger partial charge in [0.15, 0.2) is 0 Å². The standard InChI is InChI=1S/C11H6BrCl2N3O3/c12-7-4-16(5-8(10(7)18)17(19)20)3-6-1-2-9(13)15-11(6)14/h1-2,4-5H,3H2. The van der Waals surface area contributed by atoms with Gasteiger partial charge in [-0.3, -0.25) is 14.9 Å². The number of hydrogen-bond donors (Lipinski definition) is 0. The molecule has 2 aromatic rings. The van der Waals surface area contributed by atoms with Gasteiger partial charge >= 0.3 is 5.69 Å². The zero-order chi connectivity index (χ0) is 14.9. The summed E-state index contributed by atoms with van der Waals surface area (Å²) in [6.45, 7) is 0.225. The second kappa shape index (κ2) is 5.90. The van der Waals surface area contributed by atoms with Crippen LogP contribution in [0.2, 0.25) is 10.3 Å². The van der Waals surface area contributed by atoms with E-state index in [1.165, 1.54) is 10.8 Å². The van der Waals surface area contributed by atoms with Gasteiger partial charge in [0.1, 0.15) is 10.3 Å². The minimum absolute atomic E-state index is 0.102. The molecular weight excluding hydrogens is 373 g/mol. The second-order valence-corrected chi connectivity index (χ2v) is 5.43. The van der Waals surface area contributed by atoms with Crippen molar-refractivity contribution in [2.24, 2.45) is 0 Å². The van der Waals surface area contributed by atoms with E-state index in [1.807, 2.05) is 0 Å². The number of rotatable bonds is 3. The first kappa shape index (κ1) is 15.0. The van der Waals surface area contributed by atoms with E-state index in [1.54, 1.807) is 12.1 Å². The summed E-state index contributed by atoms with van der Waals surface area (Å²) in [5, 5.41) is 11.3. The van der Waals surface area contributed by atoms with Gasteiger partial charge in [0.05, 0.1) is 22.1 Å².